The highest BCUT2D eigenvalue weighted by molar-refractivity contribution is 7.09. The number of hydrogen-bond acceptors (Lipinski definition) is 3. The molecule has 0 N–H and O–H groups in total. The van der Waals surface area contributed by atoms with E-state index in [0.29, 0.717) is 0 Å². The van der Waals surface area contributed by atoms with E-state index in [-0.39, 0.29) is 5.41 Å². The molecule has 74 valence electrons. The van der Waals surface area contributed by atoms with Crippen molar-refractivity contribution in [2.45, 2.75) is 38.5 Å². The van der Waals surface area contributed by atoms with E-state index in [4.69, 9.17) is 0 Å². The Kier molecular flexibility index (Phi) is 2.83. The van der Waals surface area contributed by atoms with Crippen molar-refractivity contribution in [3.8, 4) is 6.07 Å². The van der Waals surface area contributed by atoms with Crippen LogP contribution in [0, 0.1) is 16.7 Å². The largest absolute Gasteiger partial charge is 0.253 e. The first-order valence-electron chi connectivity index (χ1n) is 5.13. The summed E-state index contributed by atoms with van der Waals surface area (Å²) in [6.07, 6.45) is 8.68. The SMILES string of the molecule is N#CC1(Cc2cncs2)CCCCC1. The van der Waals surface area contributed by atoms with Crippen molar-refractivity contribution in [1.82, 2.24) is 4.98 Å². The number of thiazole rings is 1. The average Bonchev–Trinajstić information content (AvgIpc) is 2.72. The highest BCUT2D eigenvalue weighted by atomic mass is 32.1. The van der Waals surface area contributed by atoms with Gasteiger partial charge in [0.2, 0.25) is 0 Å². The van der Waals surface area contributed by atoms with Gasteiger partial charge >= 0.3 is 0 Å². The topological polar surface area (TPSA) is 36.7 Å². The number of nitriles is 1. The minimum atomic E-state index is -0.0786. The third kappa shape index (κ3) is 1.96. The highest BCUT2D eigenvalue weighted by Gasteiger charge is 2.32. The summed E-state index contributed by atoms with van der Waals surface area (Å²) in [4.78, 5) is 5.32. The van der Waals surface area contributed by atoms with E-state index in [1.54, 1.807) is 11.3 Å². The van der Waals surface area contributed by atoms with Crippen molar-refractivity contribution >= 4 is 11.3 Å². The summed E-state index contributed by atoms with van der Waals surface area (Å²) < 4.78 is 0. The van der Waals surface area contributed by atoms with Crippen LogP contribution in [0.3, 0.4) is 0 Å². The van der Waals surface area contributed by atoms with Crippen LogP contribution in [-0.2, 0) is 6.42 Å². The van der Waals surface area contributed by atoms with Gasteiger partial charge in [0.1, 0.15) is 0 Å². The van der Waals surface area contributed by atoms with Gasteiger partial charge < -0.3 is 0 Å². The van der Waals surface area contributed by atoms with Gasteiger partial charge in [-0.3, -0.25) is 4.98 Å². The fraction of sp³-hybridized carbons (Fsp3) is 0.636. The lowest BCUT2D eigenvalue weighted by Gasteiger charge is -2.29. The molecule has 1 heterocycles. The number of aromatic nitrogens is 1. The summed E-state index contributed by atoms with van der Waals surface area (Å²) in [7, 11) is 0. The van der Waals surface area contributed by atoms with Crippen molar-refractivity contribution in [3.05, 3.63) is 16.6 Å². The molecule has 1 aromatic rings. The molecule has 1 fully saturated rings. The maximum atomic E-state index is 9.27. The Balaban J connectivity index is 2.09. The Bertz CT molecular complexity index is 318. The first-order chi connectivity index (χ1) is 6.85. The second-order valence-electron chi connectivity index (χ2n) is 4.10. The molecule has 0 radical (unpaired) electrons. The van der Waals surface area contributed by atoms with E-state index in [1.165, 1.54) is 24.1 Å². The zero-order valence-electron chi connectivity index (χ0n) is 8.20. The van der Waals surface area contributed by atoms with Crippen LogP contribution in [0.1, 0.15) is 37.0 Å². The predicted octanol–water partition coefficient (Wildman–Crippen LogP) is 3.16. The number of hydrogen-bond donors (Lipinski definition) is 0. The molecule has 1 aliphatic carbocycles. The van der Waals surface area contributed by atoms with Gasteiger partial charge in [0.25, 0.3) is 0 Å². The van der Waals surface area contributed by atoms with Gasteiger partial charge in [-0.05, 0) is 12.8 Å². The van der Waals surface area contributed by atoms with E-state index in [0.717, 1.165) is 19.3 Å². The van der Waals surface area contributed by atoms with Gasteiger partial charge in [-0.2, -0.15) is 5.26 Å². The third-order valence-corrected chi connectivity index (χ3v) is 3.82. The standard InChI is InChI=1S/C11H14N2S/c12-8-11(4-2-1-3-5-11)6-10-7-13-9-14-10/h7,9H,1-6H2. The van der Waals surface area contributed by atoms with Crippen LogP contribution in [-0.4, -0.2) is 4.98 Å². The van der Waals surface area contributed by atoms with E-state index < -0.39 is 0 Å². The third-order valence-electron chi connectivity index (χ3n) is 3.04. The summed E-state index contributed by atoms with van der Waals surface area (Å²) in [5, 5.41) is 9.27. The zero-order chi connectivity index (χ0) is 9.86. The summed E-state index contributed by atoms with van der Waals surface area (Å²) in [5.41, 5.74) is 1.77. The molecule has 0 unspecified atom stereocenters. The molecule has 2 rings (SSSR count). The van der Waals surface area contributed by atoms with Crippen LogP contribution in [0.2, 0.25) is 0 Å². The molecule has 0 aromatic carbocycles. The fourth-order valence-electron chi connectivity index (χ4n) is 2.22. The van der Waals surface area contributed by atoms with Crippen LogP contribution in [0.25, 0.3) is 0 Å². The van der Waals surface area contributed by atoms with Crippen LogP contribution < -0.4 is 0 Å². The lowest BCUT2D eigenvalue weighted by atomic mass is 9.73. The maximum absolute atomic E-state index is 9.27. The van der Waals surface area contributed by atoms with E-state index in [2.05, 4.69) is 11.1 Å². The van der Waals surface area contributed by atoms with Crippen molar-refractivity contribution in [2.24, 2.45) is 5.41 Å². The quantitative estimate of drug-likeness (QED) is 0.745. The van der Waals surface area contributed by atoms with E-state index >= 15 is 0 Å². The second kappa shape index (κ2) is 4.10. The van der Waals surface area contributed by atoms with Crippen LogP contribution in [0.5, 0.6) is 0 Å². The minimum absolute atomic E-state index is 0.0786. The van der Waals surface area contributed by atoms with Crippen molar-refractivity contribution in [1.29, 1.82) is 5.26 Å². The molecule has 0 spiro atoms. The Morgan fingerprint density at radius 3 is 2.79 bits per heavy atom. The highest BCUT2D eigenvalue weighted by Crippen LogP contribution is 2.39. The smallest absolute Gasteiger partial charge is 0.0794 e. The Labute approximate surface area is 88.6 Å². The number of rotatable bonds is 2. The molecule has 0 amide bonds. The van der Waals surface area contributed by atoms with Crippen molar-refractivity contribution in [3.63, 3.8) is 0 Å². The molecule has 0 bridgehead atoms. The van der Waals surface area contributed by atoms with Gasteiger partial charge in [-0.25, -0.2) is 0 Å². The van der Waals surface area contributed by atoms with Crippen LogP contribution >= 0.6 is 11.3 Å². The molecule has 3 heteroatoms. The van der Waals surface area contributed by atoms with E-state index in [1.807, 2.05) is 11.7 Å². The molecule has 1 aliphatic rings. The molecule has 1 aromatic heterocycles. The molecule has 0 aliphatic heterocycles. The monoisotopic (exact) mass is 206 g/mol. The number of nitrogens with zero attached hydrogens (tertiary/aromatic N) is 2. The predicted molar refractivity (Wildman–Crippen MR) is 56.9 cm³/mol. The molecular formula is C11H14N2S. The van der Waals surface area contributed by atoms with Crippen molar-refractivity contribution < 1.29 is 0 Å². The van der Waals surface area contributed by atoms with Crippen LogP contribution in [0.4, 0.5) is 0 Å². The zero-order valence-corrected chi connectivity index (χ0v) is 9.02. The lowest BCUT2D eigenvalue weighted by Crippen LogP contribution is -2.24. The Morgan fingerprint density at radius 1 is 1.43 bits per heavy atom. The van der Waals surface area contributed by atoms with Gasteiger partial charge in [-0.1, -0.05) is 19.3 Å². The fourth-order valence-corrected chi connectivity index (χ4v) is 2.96. The molecule has 0 atom stereocenters. The summed E-state index contributed by atoms with van der Waals surface area (Å²) in [6, 6.07) is 2.53. The summed E-state index contributed by atoms with van der Waals surface area (Å²) in [6.45, 7) is 0. The first-order valence-corrected chi connectivity index (χ1v) is 6.01. The van der Waals surface area contributed by atoms with Crippen molar-refractivity contribution in [2.75, 3.05) is 0 Å². The molecule has 2 nitrogen and oxygen atoms in total. The minimum Gasteiger partial charge on any atom is -0.253 e. The van der Waals surface area contributed by atoms with Gasteiger partial charge in [-0.15, -0.1) is 11.3 Å². The van der Waals surface area contributed by atoms with Crippen LogP contribution in [0.15, 0.2) is 11.7 Å². The summed E-state index contributed by atoms with van der Waals surface area (Å²) >= 11 is 1.67. The maximum Gasteiger partial charge on any atom is 0.0794 e. The second-order valence-corrected chi connectivity index (χ2v) is 5.07. The van der Waals surface area contributed by atoms with Gasteiger partial charge in [0, 0.05) is 17.5 Å². The molecule has 14 heavy (non-hydrogen) atoms. The normalized spacial score (nSPS) is 20.2. The Hall–Kier alpha value is -0.880. The molecule has 1 saturated carbocycles. The Morgan fingerprint density at radius 2 is 2.21 bits per heavy atom. The molecular weight excluding hydrogens is 192 g/mol. The average molecular weight is 206 g/mol. The van der Waals surface area contributed by atoms with E-state index in [9.17, 15) is 5.26 Å². The summed E-state index contributed by atoms with van der Waals surface area (Å²) in [5.74, 6) is 0. The lowest BCUT2D eigenvalue weighted by molar-refractivity contribution is 0.267. The first kappa shape index (κ1) is 9.67. The van der Waals surface area contributed by atoms with Gasteiger partial charge in [0.15, 0.2) is 0 Å². The molecule has 0 saturated heterocycles. The van der Waals surface area contributed by atoms with Gasteiger partial charge in [0.05, 0.1) is 17.0 Å².